The highest BCUT2D eigenvalue weighted by Gasteiger charge is 2.03. The van der Waals surface area contributed by atoms with Gasteiger partial charge >= 0.3 is 0 Å². The van der Waals surface area contributed by atoms with E-state index < -0.39 is 0 Å². The Bertz CT molecular complexity index is 128. The summed E-state index contributed by atoms with van der Waals surface area (Å²) >= 11 is 0. The summed E-state index contributed by atoms with van der Waals surface area (Å²) in [5.74, 6) is 1.13. The molecular formula is C12H27NO. The predicted molar refractivity (Wildman–Crippen MR) is 63.3 cm³/mol. The van der Waals surface area contributed by atoms with E-state index in [4.69, 9.17) is 0 Å². The van der Waals surface area contributed by atoms with E-state index in [1.54, 1.807) is 0 Å². The van der Waals surface area contributed by atoms with Crippen molar-refractivity contribution in [3.05, 3.63) is 0 Å². The van der Waals surface area contributed by atoms with Crippen molar-refractivity contribution in [3.8, 4) is 0 Å². The van der Waals surface area contributed by atoms with Gasteiger partial charge < -0.3 is 4.90 Å². The molecule has 2 heteroatoms. The van der Waals surface area contributed by atoms with E-state index in [9.17, 15) is 4.79 Å². The van der Waals surface area contributed by atoms with Gasteiger partial charge in [-0.1, -0.05) is 34.1 Å². The summed E-state index contributed by atoms with van der Waals surface area (Å²) in [7, 11) is 0. The fourth-order valence-corrected chi connectivity index (χ4v) is 0.800. The average Bonchev–Trinajstić information content (AvgIpc) is 2.20. The Balaban J connectivity index is 0. The number of hydrogen-bond donors (Lipinski definition) is 0. The normalized spacial score (nSPS) is 9.36. The summed E-state index contributed by atoms with van der Waals surface area (Å²) in [5, 5.41) is 0. The van der Waals surface area contributed by atoms with Crippen molar-refractivity contribution in [2.75, 3.05) is 13.1 Å². The zero-order valence-corrected chi connectivity index (χ0v) is 10.8. The van der Waals surface area contributed by atoms with E-state index in [0.717, 1.165) is 19.0 Å². The van der Waals surface area contributed by atoms with Crippen LogP contribution in [0.1, 0.15) is 54.4 Å². The molecule has 0 spiro atoms. The van der Waals surface area contributed by atoms with Crippen molar-refractivity contribution in [2.45, 2.75) is 54.4 Å². The van der Waals surface area contributed by atoms with E-state index in [2.05, 4.69) is 20.8 Å². The molecular weight excluding hydrogens is 174 g/mol. The van der Waals surface area contributed by atoms with E-state index in [0.29, 0.717) is 6.42 Å². The summed E-state index contributed by atoms with van der Waals surface area (Å²) in [6, 6.07) is 0. The summed E-state index contributed by atoms with van der Waals surface area (Å²) in [6.07, 6.45) is 1.93. The maximum absolute atomic E-state index is 10.9. The number of carbonyl (C=O) groups is 1. The van der Waals surface area contributed by atoms with Gasteiger partial charge in [-0.2, -0.15) is 0 Å². The third kappa shape index (κ3) is 9.56. The van der Waals surface area contributed by atoms with Crippen molar-refractivity contribution in [1.29, 1.82) is 0 Å². The van der Waals surface area contributed by atoms with Gasteiger partial charge in [-0.05, 0) is 19.8 Å². The number of amides is 1. The lowest BCUT2D eigenvalue weighted by Crippen LogP contribution is -2.29. The van der Waals surface area contributed by atoms with E-state index in [1.807, 2.05) is 25.7 Å². The molecule has 2 nitrogen and oxygen atoms in total. The highest BCUT2D eigenvalue weighted by Crippen LogP contribution is 1.94. The Morgan fingerprint density at radius 2 is 1.43 bits per heavy atom. The van der Waals surface area contributed by atoms with Gasteiger partial charge in [0.25, 0.3) is 0 Å². The molecule has 0 aliphatic carbocycles. The van der Waals surface area contributed by atoms with Crippen molar-refractivity contribution >= 4 is 5.91 Å². The molecule has 0 radical (unpaired) electrons. The van der Waals surface area contributed by atoms with Crippen molar-refractivity contribution in [2.24, 2.45) is 5.92 Å². The number of hydrogen-bond acceptors (Lipinski definition) is 1. The molecule has 0 aliphatic rings. The standard InChI is InChI=1S/C7H15NO.C5H12/c1-4-7(9)8(5-2)6-3;1-4-5(2)3/h4-6H2,1-3H3;5H,4H2,1-3H3. The molecule has 0 N–H and O–H groups in total. The maximum atomic E-state index is 10.9. The van der Waals surface area contributed by atoms with Crippen LogP contribution >= 0.6 is 0 Å². The molecule has 0 saturated carbocycles. The molecule has 0 fully saturated rings. The third-order valence-corrected chi connectivity index (χ3v) is 2.24. The van der Waals surface area contributed by atoms with Crippen LogP contribution in [0.4, 0.5) is 0 Å². The molecule has 0 saturated heterocycles. The van der Waals surface area contributed by atoms with Gasteiger partial charge in [-0.25, -0.2) is 0 Å². The van der Waals surface area contributed by atoms with Gasteiger partial charge in [0.15, 0.2) is 0 Å². The summed E-state index contributed by atoms with van der Waals surface area (Å²) < 4.78 is 0. The zero-order valence-electron chi connectivity index (χ0n) is 10.8. The van der Waals surface area contributed by atoms with Crippen LogP contribution in [0, 0.1) is 5.92 Å². The highest BCUT2D eigenvalue weighted by molar-refractivity contribution is 5.75. The fourth-order valence-electron chi connectivity index (χ4n) is 0.800. The van der Waals surface area contributed by atoms with Crippen LogP contribution in [0.2, 0.25) is 0 Å². The molecule has 0 unspecified atom stereocenters. The maximum Gasteiger partial charge on any atom is 0.222 e. The van der Waals surface area contributed by atoms with Gasteiger partial charge in [-0.3, -0.25) is 4.79 Å². The fraction of sp³-hybridized carbons (Fsp3) is 0.917. The first-order chi connectivity index (χ1) is 6.53. The first kappa shape index (κ1) is 15.9. The van der Waals surface area contributed by atoms with Crippen LogP contribution in [0.5, 0.6) is 0 Å². The average molecular weight is 201 g/mol. The van der Waals surface area contributed by atoms with Crippen LogP contribution in [-0.2, 0) is 4.79 Å². The molecule has 86 valence electrons. The van der Waals surface area contributed by atoms with Crippen LogP contribution in [0.25, 0.3) is 0 Å². The van der Waals surface area contributed by atoms with Crippen molar-refractivity contribution in [3.63, 3.8) is 0 Å². The molecule has 0 bridgehead atoms. The quantitative estimate of drug-likeness (QED) is 0.683. The van der Waals surface area contributed by atoms with Gasteiger partial charge in [0.2, 0.25) is 5.91 Å². The van der Waals surface area contributed by atoms with Gasteiger partial charge in [0.05, 0.1) is 0 Å². The first-order valence-corrected chi connectivity index (χ1v) is 5.81. The van der Waals surface area contributed by atoms with Crippen LogP contribution in [0.3, 0.4) is 0 Å². The second-order valence-electron chi connectivity index (χ2n) is 3.72. The van der Waals surface area contributed by atoms with Gasteiger partial charge in [-0.15, -0.1) is 0 Å². The Morgan fingerprint density at radius 1 is 1.07 bits per heavy atom. The van der Waals surface area contributed by atoms with E-state index >= 15 is 0 Å². The molecule has 0 rings (SSSR count). The third-order valence-electron chi connectivity index (χ3n) is 2.24. The molecule has 14 heavy (non-hydrogen) atoms. The second-order valence-corrected chi connectivity index (χ2v) is 3.72. The lowest BCUT2D eigenvalue weighted by atomic mass is 10.2. The summed E-state index contributed by atoms with van der Waals surface area (Å²) in [6.45, 7) is 14.2. The molecule has 1 amide bonds. The highest BCUT2D eigenvalue weighted by atomic mass is 16.2. The largest absolute Gasteiger partial charge is 0.343 e. The summed E-state index contributed by atoms with van der Waals surface area (Å²) in [5.41, 5.74) is 0. The summed E-state index contributed by atoms with van der Waals surface area (Å²) in [4.78, 5) is 12.7. The van der Waals surface area contributed by atoms with Crippen LogP contribution in [0.15, 0.2) is 0 Å². The predicted octanol–water partition coefficient (Wildman–Crippen LogP) is 3.32. The molecule has 0 aromatic heterocycles. The van der Waals surface area contributed by atoms with Gasteiger partial charge in [0, 0.05) is 19.5 Å². The number of carbonyl (C=O) groups excluding carboxylic acids is 1. The Labute approximate surface area is 89.7 Å². The van der Waals surface area contributed by atoms with Crippen molar-refractivity contribution in [1.82, 2.24) is 4.90 Å². The minimum absolute atomic E-state index is 0.250. The van der Waals surface area contributed by atoms with E-state index in [1.165, 1.54) is 6.42 Å². The topological polar surface area (TPSA) is 20.3 Å². The van der Waals surface area contributed by atoms with Gasteiger partial charge in [0.1, 0.15) is 0 Å². The number of rotatable bonds is 4. The zero-order chi connectivity index (χ0) is 11.6. The lowest BCUT2D eigenvalue weighted by Gasteiger charge is -2.16. The molecule has 0 heterocycles. The first-order valence-electron chi connectivity index (χ1n) is 5.81. The second kappa shape index (κ2) is 10.6. The van der Waals surface area contributed by atoms with Crippen LogP contribution in [-0.4, -0.2) is 23.9 Å². The number of nitrogens with zero attached hydrogens (tertiary/aromatic N) is 1. The minimum atomic E-state index is 0.250. The molecule has 0 aromatic carbocycles. The SMILES string of the molecule is CCC(=O)N(CC)CC.CCC(C)C. The molecule has 0 aromatic rings. The van der Waals surface area contributed by atoms with Crippen molar-refractivity contribution < 1.29 is 4.79 Å². The lowest BCUT2D eigenvalue weighted by molar-refractivity contribution is -0.130. The Hall–Kier alpha value is -0.530. The Kier molecular flexibility index (Phi) is 12.0. The minimum Gasteiger partial charge on any atom is -0.343 e. The Morgan fingerprint density at radius 3 is 1.50 bits per heavy atom. The van der Waals surface area contributed by atoms with E-state index in [-0.39, 0.29) is 5.91 Å². The molecule has 0 atom stereocenters. The molecule has 0 aliphatic heterocycles. The van der Waals surface area contributed by atoms with Crippen LogP contribution < -0.4 is 0 Å². The smallest absolute Gasteiger partial charge is 0.222 e. The monoisotopic (exact) mass is 201 g/mol.